The van der Waals surface area contributed by atoms with Crippen LogP contribution in [0.3, 0.4) is 0 Å². The van der Waals surface area contributed by atoms with E-state index in [0.717, 1.165) is 0 Å². The Labute approximate surface area is 97.2 Å². The summed E-state index contributed by atoms with van der Waals surface area (Å²) >= 11 is 0. The number of allylic oxidation sites excluding steroid dienone is 2. The van der Waals surface area contributed by atoms with Gasteiger partial charge in [-0.25, -0.2) is 0 Å². The van der Waals surface area contributed by atoms with E-state index in [2.05, 4.69) is 19.9 Å². The molecule has 89 valence electrons. The lowest BCUT2D eigenvalue weighted by molar-refractivity contribution is 0.573. The fourth-order valence-corrected chi connectivity index (χ4v) is 1.95. The first kappa shape index (κ1) is 14.7. The molecule has 0 fully saturated rings. The highest BCUT2D eigenvalue weighted by molar-refractivity contribution is 4.93. The van der Waals surface area contributed by atoms with Crippen molar-refractivity contribution in [2.75, 3.05) is 0 Å². The summed E-state index contributed by atoms with van der Waals surface area (Å²) in [5, 5.41) is 0. The van der Waals surface area contributed by atoms with Crippen molar-refractivity contribution < 1.29 is 0 Å². The highest BCUT2D eigenvalue weighted by Crippen LogP contribution is 2.14. The second kappa shape index (κ2) is 11.8. The average molecular weight is 209 g/mol. The van der Waals surface area contributed by atoms with Crippen molar-refractivity contribution in [2.24, 2.45) is 0 Å². The Morgan fingerprint density at radius 2 is 1.33 bits per heavy atom. The monoisotopic (exact) mass is 209 g/mol. The van der Waals surface area contributed by atoms with Crippen LogP contribution in [-0.4, -0.2) is 0 Å². The summed E-state index contributed by atoms with van der Waals surface area (Å²) in [5.74, 6) is 0. The Balaban J connectivity index is 3.11. The van der Waals surface area contributed by atoms with Gasteiger partial charge < -0.3 is 0 Å². The number of hydrogen-bond donors (Lipinski definition) is 0. The highest BCUT2D eigenvalue weighted by atomic mass is 14.0. The molecule has 0 aliphatic heterocycles. The number of hydrogen-bond acceptors (Lipinski definition) is 0. The zero-order valence-electron chi connectivity index (χ0n) is 11.1. The Morgan fingerprint density at radius 1 is 0.800 bits per heavy atom. The van der Waals surface area contributed by atoms with Crippen molar-refractivity contribution in [2.45, 2.75) is 85.0 Å². The van der Waals surface area contributed by atoms with Gasteiger partial charge in [0, 0.05) is 0 Å². The lowest BCUT2D eigenvalue weighted by atomic mass is 10.0. The Morgan fingerprint density at radius 3 is 1.80 bits per heavy atom. The van der Waals surface area contributed by atoms with Crippen molar-refractivity contribution >= 4 is 0 Å². The van der Waals surface area contributed by atoms with Crippen LogP contribution in [0.15, 0.2) is 5.57 Å². The van der Waals surface area contributed by atoms with Gasteiger partial charge in [0.2, 0.25) is 0 Å². The van der Waals surface area contributed by atoms with Crippen LogP contribution in [0.2, 0.25) is 0 Å². The number of unbranched alkanes of at least 4 members (excludes halogenated alkanes) is 7. The van der Waals surface area contributed by atoms with Crippen molar-refractivity contribution in [3.63, 3.8) is 0 Å². The summed E-state index contributed by atoms with van der Waals surface area (Å²) in [6, 6.07) is 0. The zero-order valence-corrected chi connectivity index (χ0v) is 11.1. The third kappa shape index (κ3) is 10.0. The molecule has 1 radical (unpaired) electrons. The third-order valence-corrected chi connectivity index (χ3v) is 3.11. The van der Waals surface area contributed by atoms with E-state index < -0.39 is 0 Å². The van der Waals surface area contributed by atoms with E-state index in [1.54, 1.807) is 0 Å². The molecular weight excluding hydrogens is 180 g/mol. The van der Waals surface area contributed by atoms with Crippen LogP contribution in [0.25, 0.3) is 0 Å². The molecule has 0 heterocycles. The smallest absolute Gasteiger partial charge is 0.0315 e. The first-order valence-electron chi connectivity index (χ1n) is 6.87. The van der Waals surface area contributed by atoms with Gasteiger partial charge in [-0.05, 0) is 32.3 Å². The molecule has 0 N–H and O–H groups in total. The maximum atomic E-state index is 3.29. The fraction of sp³-hybridized carbons (Fsp3) is 0.867. The molecule has 0 amide bonds. The minimum Gasteiger partial charge on any atom is -0.0673 e. The van der Waals surface area contributed by atoms with E-state index in [1.807, 2.05) is 6.92 Å². The fourth-order valence-electron chi connectivity index (χ4n) is 1.95. The molecule has 0 saturated heterocycles. The van der Waals surface area contributed by atoms with Gasteiger partial charge in [-0.15, -0.1) is 0 Å². The van der Waals surface area contributed by atoms with Crippen LogP contribution < -0.4 is 0 Å². The largest absolute Gasteiger partial charge is 0.0673 e. The first-order chi connectivity index (χ1) is 7.35. The average Bonchev–Trinajstić information content (AvgIpc) is 2.27. The molecule has 0 atom stereocenters. The predicted octanol–water partition coefficient (Wildman–Crippen LogP) is 5.68. The molecule has 15 heavy (non-hydrogen) atoms. The molecule has 0 bridgehead atoms. The summed E-state index contributed by atoms with van der Waals surface area (Å²) in [6.45, 7) is 6.56. The molecule has 0 spiro atoms. The van der Waals surface area contributed by atoms with Gasteiger partial charge >= 0.3 is 0 Å². The Hall–Kier alpha value is -0.260. The molecule has 0 aliphatic carbocycles. The SMILES string of the molecule is C/[C]=C(\CC)CCCCCCCCCC. The van der Waals surface area contributed by atoms with Crippen LogP contribution in [-0.2, 0) is 0 Å². The predicted molar refractivity (Wildman–Crippen MR) is 69.9 cm³/mol. The van der Waals surface area contributed by atoms with Crippen LogP contribution in [0.4, 0.5) is 0 Å². The third-order valence-electron chi connectivity index (χ3n) is 3.11. The van der Waals surface area contributed by atoms with Gasteiger partial charge in [0.15, 0.2) is 0 Å². The van der Waals surface area contributed by atoms with E-state index in [9.17, 15) is 0 Å². The second-order valence-corrected chi connectivity index (χ2v) is 4.43. The topological polar surface area (TPSA) is 0 Å². The van der Waals surface area contributed by atoms with Gasteiger partial charge in [0.1, 0.15) is 0 Å². The summed E-state index contributed by atoms with van der Waals surface area (Å²) in [4.78, 5) is 0. The van der Waals surface area contributed by atoms with Gasteiger partial charge in [-0.2, -0.15) is 0 Å². The number of rotatable bonds is 10. The van der Waals surface area contributed by atoms with E-state index in [1.165, 1.54) is 69.8 Å². The quantitative estimate of drug-likeness (QED) is 0.406. The van der Waals surface area contributed by atoms with Crippen molar-refractivity contribution in [1.29, 1.82) is 0 Å². The van der Waals surface area contributed by atoms with Crippen LogP contribution >= 0.6 is 0 Å². The molecule has 0 aromatic rings. The molecule has 0 aromatic carbocycles. The summed E-state index contributed by atoms with van der Waals surface area (Å²) < 4.78 is 0. The minimum absolute atomic E-state index is 1.19. The molecule has 0 rings (SSSR count). The summed E-state index contributed by atoms with van der Waals surface area (Å²) in [6.07, 6.45) is 17.1. The molecule has 0 unspecified atom stereocenters. The Kier molecular flexibility index (Phi) is 11.6. The lowest BCUT2D eigenvalue weighted by Crippen LogP contribution is -1.84. The standard InChI is InChI=1S/C15H29/c1-4-7-8-9-10-11-12-13-14-15(5-2)6-3/h4-5,7-14H2,1-3H3. The van der Waals surface area contributed by atoms with Crippen LogP contribution in [0.5, 0.6) is 0 Å². The van der Waals surface area contributed by atoms with E-state index in [4.69, 9.17) is 0 Å². The Bertz CT molecular complexity index is 144. The normalized spacial score (nSPS) is 12.1. The van der Waals surface area contributed by atoms with Crippen molar-refractivity contribution in [1.82, 2.24) is 0 Å². The van der Waals surface area contributed by atoms with Crippen molar-refractivity contribution in [3.8, 4) is 0 Å². The van der Waals surface area contributed by atoms with E-state index in [0.29, 0.717) is 0 Å². The summed E-state index contributed by atoms with van der Waals surface area (Å²) in [5.41, 5.74) is 1.51. The van der Waals surface area contributed by atoms with E-state index in [-0.39, 0.29) is 0 Å². The maximum Gasteiger partial charge on any atom is -0.0315 e. The van der Waals surface area contributed by atoms with Gasteiger partial charge in [0.25, 0.3) is 0 Å². The molecule has 0 saturated carbocycles. The summed E-state index contributed by atoms with van der Waals surface area (Å²) in [7, 11) is 0. The molecule has 0 nitrogen and oxygen atoms in total. The van der Waals surface area contributed by atoms with Gasteiger partial charge in [-0.3, -0.25) is 0 Å². The molecule has 0 aromatic heterocycles. The van der Waals surface area contributed by atoms with Gasteiger partial charge in [0.05, 0.1) is 0 Å². The van der Waals surface area contributed by atoms with Crippen LogP contribution in [0, 0.1) is 6.08 Å². The van der Waals surface area contributed by atoms with Crippen LogP contribution in [0.1, 0.15) is 85.0 Å². The molecule has 0 aliphatic rings. The first-order valence-corrected chi connectivity index (χ1v) is 6.87. The molecular formula is C15H29. The lowest BCUT2D eigenvalue weighted by Gasteiger charge is -2.03. The van der Waals surface area contributed by atoms with Gasteiger partial charge in [-0.1, -0.05) is 64.4 Å². The van der Waals surface area contributed by atoms with E-state index >= 15 is 0 Å². The van der Waals surface area contributed by atoms with Crippen molar-refractivity contribution in [3.05, 3.63) is 11.6 Å². The minimum atomic E-state index is 1.19. The zero-order chi connectivity index (χ0) is 11.4. The molecule has 0 heteroatoms. The maximum absolute atomic E-state index is 3.29. The highest BCUT2D eigenvalue weighted by Gasteiger charge is 1.94. The second-order valence-electron chi connectivity index (χ2n) is 4.43.